The fraction of sp³-hybridized carbons (Fsp3) is 0.946. The zero-order chi connectivity index (χ0) is 78.3. The van der Waals surface area contributed by atoms with E-state index in [4.69, 9.17) is 56.8 Å². The summed E-state index contributed by atoms with van der Waals surface area (Å²) in [5.41, 5.74) is 0. The number of nitrogens with one attached hydrogen (secondary N) is 2. The molecule has 6 aliphatic heterocycles. The van der Waals surface area contributed by atoms with E-state index in [0.717, 1.165) is 58.3 Å². The fourth-order valence-corrected chi connectivity index (χ4v) is 14.6. The molecule has 12 unspecified atom stereocenters. The van der Waals surface area contributed by atoms with Gasteiger partial charge in [-0.25, -0.2) is 0 Å². The van der Waals surface area contributed by atoms with Gasteiger partial charge in [-0.15, -0.1) is 0 Å². The van der Waals surface area contributed by atoms with Gasteiger partial charge >= 0.3 is 0 Å². The van der Waals surface area contributed by atoms with Crippen molar-refractivity contribution in [3.8, 4) is 0 Å². The summed E-state index contributed by atoms with van der Waals surface area (Å²) < 4.78 is 72.5. The van der Waals surface area contributed by atoms with Crippen LogP contribution in [0.1, 0.15) is 214 Å². The molecule has 0 saturated carbocycles. The minimum atomic E-state index is -2.25. The van der Waals surface area contributed by atoms with E-state index in [2.05, 4.69) is 24.5 Å². The highest BCUT2D eigenvalue weighted by Gasteiger charge is 2.59. The van der Waals surface area contributed by atoms with Crippen molar-refractivity contribution in [2.75, 3.05) is 33.0 Å². The van der Waals surface area contributed by atoms with E-state index in [-0.39, 0.29) is 12.3 Å². The Morgan fingerprint density at radius 1 is 0.383 bits per heavy atom. The number of carbonyl (C=O) groups is 2. The van der Waals surface area contributed by atoms with Crippen LogP contribution in [0.3, 0.4) is 0 Å². The summed E-state index contributed by atoms with van der Waals surface area (Å²) in [7, 11) is 0. The molecule has 19 N–H and O–H groups in total. The zero-order valence-corrected chi connectivity index (χ0v) is 63.3. The van der Waals surface area contributed by atoms with Crippen LogP contribution in [0.4, 0.5) is 0 Å². The van der Waals surface area contributed by atoms with Crippen molar-refractivity contribution in [1.29, 1.82) is 0 Å². The van der Waals surface area contributed by atoms with Gasteiger partial charge in [0.2, 0.25) is 11.8 Å². The number of unbranched alkanes of at least 4 members (excludes halogenated alkanes) is 25. The molecule has 2 amide bonds. The summed E-state index contributed by atoms with van der Waals surface area (Å²) >= 11 is 0. The second-order valence-corrected chi connectivity index (χ2v) is 29.9. The molecule has 6 saturated heterocycles. The monoisotopic (exact) mass is 1550 g/mol. The van der Waals surface area contributed by atoms with Crippen LogP contribution in [0.15, 0.2) is 12.2 Å². The van der Waals surface area contributed by atoms with Gasteiger partial charge in [-0.3, -0.25) is 9.59 Å². The van der Waals surface area contributed by atoms with Crippen LogP contribution in [0.5, 0.6) is 0 Å². The first-order valence-electron chi connectivity index (χ1n) is 39.7. The van der Waals surface area contributed by atoms with E-state index in [1.807, 2.05) is 6.08 Å². The van der Waals surface area contributed by atoms with Gasteiger partial charge in [0, 0.05) is 13.3 Å². The van der Waals surface area contributed by atoms with Crippen molar-refractivity contribution >= 4 is 11.8 Å². The van der Waals surface area contributed by atoms with E-state index in [1.54, 1.807) is 6.08 Å². The lowest BCUT2D eigenvalue weighted by Crippen LogP contribution is -2.71. The molecule has 107 heavy (non-hydrogen) atoms. The van der Waals surface area contributed by atoms with Crippen molar-refractivity contribution in [2.45, 2.75) is 411 Å². The number of aliphatic hydroxyl groups excluding tert-OH is 17. The normalized spacial score (nSPS) is 38.4. The van der Waals surface area contributed by atoms with E-state index in [1.165, 1.54) is 123 Å². The van der Waals surface area contributed by atoms with E-state index in [0.29, 0.717) is 12.8 Å². The molecular weight excluding hydrogens is 1410 g/mol. The number of hydrogen-bond donors (Lipinski definition) is 19. The number of aliphatic hydroxyl groups is 17. The molecule has 0 radical (unpaired) electrons. The molecule has 6 rings (SSSR count). The van der Waals surface area contributed by atoms with Crippen molar-refractivity contribution in [3.63, 3.8) is 0 Å². The summed E-state index contributed by atoms with van der Waals surface area (Å²) in [5, 5.41) is 195. The molecule has 6 heterocycles. The third-order valence-corrected chi connectivity index (χ3v) is 21.2. The van der Waals surface area contributed by atoms with Gasteiger partial charge in [0.25, 0.3) is 0 Å². The Hall–Kier alpha value is -2.48. The second kappa shape index (κ2) is 49.3. The SMILES string of the molecule is CCCCCCCCCCCCC/C=C/[C@@H](O)[C@H](CO[C@@H]1OC(CO)[C@@H](O[C@@H]2OC(CO)[C@H](O)[C@H](O[C@@H]3OC(CO)[C@@H](O[C@H]4OC(C)[C@@H](O)C(O)[C@@H]4O)[C@H](O[C@@H]4OC(CO)[C@H](O)[C@H](O)C4O[C@H]4OC(C)[C@@H](O)C(O)[C@@H]4O)C3NC(C)=O)C2O)[C@H](O)C1O)NC(=O)CCCCCCCCCCCCCCCCC. The van der Waals surface area contributed by atoms with Crippen molar-refractivity contribution in [2.24, 2.45) is 0 Å². The van der Waals surface area contributed by atoms with Gasteiger partial charge in [0.1, 0.15) is 134 Å². The number of hydrogen-bond acceptors (Lipinski definition) is 31. The third-order valence-electron chi connectivity index (χ3n) is 21.2. The van der Waals surface area contributed by atoms with Gasteiger partial charge < -0.3 is 154 Å². The Morgan fingerprint density at radius 3 is 1.26 bits per heavy atom. The number of rotatable bonds is 49. The predicted molar refractivity (Wildman–Crippen MR) is 379 cm³/mol. The second-order valence-electron chi connectivity index (χ2n) is 29.9. The fourth-order valence-electron chi connectivity index (χ4n) is 14.6. The minimum absolute atomic E-state index is 0.172. The van der Waals surface area contributed by atoms with Gasteiger partial charge in [-0.05, 0) is 33.1 Å². The zero-order valence-electron chi connectivity index (χ0n) is 63.3. The Morgan fingerprint density at radius 2 is 0.766 bits per heavy atom. The molecule has 0 bridgehead atoms. The van der Waals surface area contributed by atoms with Crippen LogP contribution in [0.25, 0.3) is 0 Å². The van der Waals surface area contributed by atoms with E-state index in [9.17, 15) is 96.4 Å². The summed E-state index contributed by atoms with van der Waals surface area (Å²) in [4.78, 5) is 27.0. The number of amides is 2. The lowest BCUT2D eigenvalue weighted by atomic mass is 9.93. The highest BCUT2D eigenvalue weighted by atomic mass is 16.8. The molecule has 0 aromatic carbocycles. The molecule has 6 aliphatic rings. The molecular formula is C74H134N2O31. The molecule has 0 spiro atoms. The molecule has 33 heteroatoms. The van der Waals surface area contributed by atoms with Crippen LogP contribution >= 0.6 is 0 Å². The quantitative estimate of drug-likeness (QED) is 0.0269. The maximum Gasteiger partial charge on any atom is 0.220 e. The van der Waals surface area contributed by atoms with Crippen LogP contribution in [0, 0.1) is 0 Å². The first-order chi connectivity index (χ1) is 51.3. The Labute approximate surface area is 629 Å². The number of allylic oxidation sites excluding steroid dienone is 1. The van der Waals surface area contributed by atoms with Crippen LogP contribution in [0.2, 0.25) is 0 Å². The molecule has 0 aliphatic carbocycles. The topological polar surface area (TPSA) is 513 Å². The molecule has 6 fully saturated rings. The molecule has 626 valence electrons. The van der Waals surface area contributed by atoms with Crippen molar-refractivity contribution in [1.82, 2.24) is 10.6 Å². The van der Waals surface area contributed by atoms with Crippen LogP contribution in [-0.2, 0) is 66.4 Å². The maximum atomic E-state index is 13.6. The number of carbonyl (C=O) groups excluding carboxylic acids is 2. The Bertz CT molecular complexity index is 2440. The maximum absolute atomic E-state index is 13.6. The summed E-state index contributed by atoms with van der Waals surface area (Å²) in [5.74, 6) is -1.25. The Balaban J connectivity index is 1.17. The van der Waals surface area contributed by atoms with Crippen molar-refractivity contribution < 1.29 is 153 Å². The van der Waals surface area contributed by atoms with Gasteiger partial charge in [0.15, 0.2) is 37.7 Å². The molecule has 0 aromatic heterocycles. The summed E-state index contributed by atoms with van der Waals surface area (Å²) in [6, 6.07) is -2.98. The van der Waals surface area contributed by atoms with Crippen molar-refractivity contribution in [3.05, 3.63) is 12.2 Å². The predicted octanol–water partition coefficient (Wildman–Crippen LogP) is -0.513. The molecule has 32 atom stereocenters. The largest absolute Gasteiger partial charge is 0.394 e. The minimum Gasteiger partial charge on any atom is -0.394 e. The highest BCUT2D eigenvalue weighted by molar-refractivity contribution is 5.76. The van der Waals surface area contributed by atoms with Gasteiger partial charge in [-0.2, -0.15) is 0 Å². The summed E-state index contributed by atoms with van der Waals surface area (Å²) in [6.45, 7) is 3.54. The van der Waals surface area contributed by atoms with Gasteiger partial charge in [-0.1, -0.05) is 180 Å². The lowest BCUT2D eigenvalue weighted by Gasteiger charge is -2.52. The van der Waals surface area contributed by atoms with E-state index < -0.39 is 235 Å². The standard InChI is InChI=1S/C74H134N2O31/c1-6-8-10-12-14-16-18-20-21-23-25-27-29-31-33-35-50(83)76-44(45(82)34-32-30-28-26-24-22-19-17-15-13-11-9-7-2)40-96-70-62(94)59(91)64(48(38-79)102-70)103-73-63(95)67(55(87)47(37-78)99-73)106-69-51(75-43(5)81)66(65(49(39-80)101-69)104-71-60(92)56(88)52(84)41(3)97-71)105-74-68(58(90)54(86)46(36-77)100-74)107-72-61(93)57(89)53(85)42(4)98-72/h32,34,41-42,44-49,51-74,77-80,82,84-95H,6-31,33,35-40H2,1-5H3,(H,75,81)(H,76,83)/b34-32+/t41?,42?,44-,45+,46?,47?,48?,49?,51?,52+,53+,54-,55-,56?,57?,58-,59+,60-,61-,62?,63?,64+,65+,66+,67-,68?,69-,70+,71+,72+,73-,74-/m0/s1. The first-order valence-corrected chi connectivity index (χ1v) is 39.7. The number of ether oxygens (including phenoxy) is 12. The van der Waals surface area contributed by atoms with Crippen LogP contribution in [-0.4, -0.2) is 328 Å². The highest BCUT2D eigenvalue weighted by Crippen LogP contribution is 2.39. The summed E-state index contributed by atoms with van der Waals surface area (Å²) in [6.07, 6.45) is -21.6. The Kier molecular flexibility index (Phi) is 43.0. The molecule has 0 aromatic rings. The van der Waals surface area contributed by atoms with Crippen LogP contribution < -0.4 is 10.6 Å². The van der Waals surface area contributed by atoms with E-state index >= 15 is 0 Å². The average Bonchev–Trinajstić information content (AvgIpc) is 0.759. The van der Waals surface area contributed by atoms with Gasteiger partial charge in [0.05, 0.1) is 57.4 Å². The lowest BCUT2D eigenvalue weighted by molar-refractivity contribution is -0.400. The molecule has 33 nitrogen and oxygen atoms in total. The first kappa shape index (κ1) is 93.4. The third kappa shape index (κ3) is 28.2. The average molecular weight is 1550 g/mol. The smallest absolute Gasteiger partial charge is 0.220 e.